The van der Waals surface area contributed by atoms with E-state index in [0.29, 0.717) is 21.7 Å². The van der Waals surface area contributed by atoms with E-state index in [1.807, 2.05) is 0 Å². The molecule has 0 spiro atoms. The zero-order chi connectivity index (χ0) is 25.4. The Labute approximate surface area is 263 Å². The first-order valence-corrected chi connectivity index (χ1v) is 14.3. The number of hydrogen-bond acceptors (Lipinski definition) is 0. The van der Waals surface area contributed by atoms with Crippen molar-refractivity contribution in [3.05, 3.63) is 47.6 Å². The van der Waals surface area contributed by atoms with E-state index in [4.69, 9.17) is 0 Å². The Morgan fingerprint density at radius 3 is 1.27 bits per heavy atom. The van der Waals surface area contributed by atoms with Gasteiger partial charge >= 0.3 is 26.2 Å². The molecule has 0 aromatic carbocycles. The van der Waals surface area contributed by atoms with Crippen molar-refractivity contribution in [2.24, 2.45) is 45.3 Å². The van der Waals surface area contributed by atoms with Gasteiger partial charge in [-0.15, -0.1) is 12.8 Å². The maximum Gasteiger partial charge on any atom is 4.00 e. The third kappa shape index (κ3) is 8.23. The molecule has 2 saturated carbocycles. The number of rotatable bonds is 6. The third-order valence-corrected chi connectivity index (χ3v) is 11.3. The summed E-state index contributed by atoms with van der Waals surface area (Å²) in [4.78, 5) is 0. The Morgan fingerprint density at radius 1 is 0.703 bits per heavy atom. The average molecular weight is 625 g/mol. The van der Waals surface area contributed by atoms with Crippen molar-refractivity contribution in [3.63, 3.8) is 0 Å². The normalized spacial score (nSPS) is 30.8. The van der Waals surface area contributed by atoms with Crippen LogP contribution in [0.5, 0.6) is 0 Å². The molecule has 208 valence electrons. The molecule has 0 aliphatic heterocycles. The predicted octanol–water partition coefficient (Wildman–Crippen LogP) is 4.33. The van der Waals surface area contributed by atoms with Crippen LogP contribution in [-0.4, -0.2) is 0 Å². The molecule has 0 bridgehead atoms. The molecule has 0 aromatic heterocycles. The van der Waals surface area contributed by atoms with E-state index in [0.717, 1.165) is 36.5 Å². The molecule has 0 amide bonds. The monoisotopic (exact) mass is 622 g/mol. The van der Waals surface area contributed by atoms with E-state index >= 15 is 0 Å². The van der Waals surface area contributed by atoms with Gasteiger partial charge in [-0.3, -0.25) is 12.2 Å². The van der Waals surface area contributed by atoms with Crippen LogP contribution >= 0.6 is 0 Å². The minimum Gasteiger partial charge on any atom is -1.00 e. The molecule has 0 radical (unpaired) electrons. The molecular weight excluding hydrogens is 571 g/mol. The summed E-state index contributed by atoms with van der Waals surface area (Å²) in [6.45, 7) is 24.2. The van der Waals surface area contributed by atoms with Crippen molar-refractivity contribution in [1.82, 2.24) is 0 Å². The van der Waals surface area contributed by atoms with E-state index < -0.39 is 0 Å². The van der Waals surface area contributed by atoms with Gasteiger partial charge in [0.1, 0.15) is 0 Å². The molecule has 4 aliphatic rings. The van der Waals surface area contributed by atoms with Crippen LogP contribution in [0.25, 0.3) is 0 Å². The molecule has 0 nitrogen and oxygen atoms in total. The molecular formula is C34H54Cl2Zr. The van der Waals surface area contributed by atoms with Crippen LogP contribution in [0.4, 0.5) is 0 Å². The minimum atomic E-state index is 0. The van der Waals surface area contributed by atoms with Crippen molar-refractivity contribution in [2.45, 2.75) is 121 Å². The second-order valence-electron chi connectivity index (χ2n) is 14.3. The van der Waals surface area contributed by atoms with E-state index in [9.17, 15) is 0 Å². The van der Waals surface area contributed by atoms with Crippen LogP contribution in [0, 0.1) is 57.5 Å². The fourth-order valence-electron chi connectivity index (χ4n) is 6.82. The van der Waals surface area contributed by atoms with Crippen LogP contribution in [0.15, 0.2) is 35.5 Å². The molecule has 0 heterocycles. The first kappa shape index (κ1) is 37.4. The van der Waals surface area contributed by atoms with Crippen LogP contribution in [0.1, 0.15) is 121 Å². The quantitative estimate of drug-likeness (QED) is 0.386. The maximum atomic E-state index is 3.55. The molecule has 4 unspecified atom stereocenters. The second kappa shape index (κ2) is 14.4. The van der Waals surface area contributed by atoms with E-state index in [2.05, 4.69) is 106 Å². The fourth-order valence-corrected chi connectivity index (χ4v) is 6.82. The zero-order valence-electron chi connectivity index (χ0n) is 25.5. The number of allylic oxidation sites excluding steroid dienone is 8. The van der Waals surface area contributed by atoms with Gasteiger partial charge in [-0.05, 0) is 83.9 Å². The van der Waals surface area contributed by atoms with Gasteiger partial charge < -0.3 is 24.8 Å². The van der Waals surface area contributed by atoms with E-state index in [-0.39, 0.29) is 51.0 Å². The topological polar surface area (TPSA) is 0 Å². The van der Waals surface area contributed by atoms with E-state index in [1.54, 1.807) is 0 Å². The molecule has 4 rings (SSSR count). The Kier molecular flexibility index (Phi) is 14.5. The summed E-state index contributed by atoms with van der Waals surface area (Å²) in [7, 11) is 0. The van der Waals surface area contributed by atoms with Crippen LogP contribution < -0.4 is 24.8 Å². The van der Waals surface area contributed by atoms with E-state index in [1.165, 1.54) is 49.7 Å². The van der Waals surface area contributed by atoms with Gasteiger partial charge in [-0.2, -0.15) is 12.2 Å². The van der Waals surface area contributed by atoms with Crippen molar-refractivity contribution in [2.75, 3.05) is 0 Å². The molecule has 0 saturated heterocycles. The van der Waals surface area contributed by atoms with Crippen LogP contribution in [0.2, 0.25) is 0 Å². The SMILES string of the molecule is CC(C)C(C)(C)C1CCC(C)(C2=[C-]CC=C2)C1.CC(C)C(C)(C)C1CCC(C)(C2=[C-]CC=C2)C1.[Cl-].[Cl-].[Zr+4]. The van der Waals surface area contributed by atoms with Crippen molar-refractivity contribution in [3.8, 4) is 0 Å². The Bertz CT molecular complexity index is 774. The van der Waals surface area contributed by atoms with Crippen LogP contribution in [0.3, 0.4) is 0 Å². The van der Waals surface area contributed by atoms with Gasteiger partial charge in [0.15, 0.2) is 0 Å². The predicted molar refractivity (Wildman–Crippen MR) is 149 cm³/mol. The Morgan fingerprint density at radius 2 is 1.03 bits per heavy atom. The summed E-state index contributed by atoms with van der Waals surface area (Å²) in [5.41, 5.74) is 4.73. The van der Waals surface area contributed by atoms with Crippen LogP contribution in [-0.2, 0) is 26.2 Å². The average Bonchev–Trinajstić information content (AvgIpc) is 3.54. The summed E-state index contributed by atoms with van der Waals surface area (Å²) in [5.74, 6) is 3.28. The summed E-state index contributed by atoms with van der Waals surface area (Å²) < 4.78 is 0. The number of halogens is 2. The van der Waals surface area contributed by atoms with Crippen molar-refractivity contribution < 1.29 is 51.0 Å². The minimum absolute atomic E-state index is 0. The largest absolute Gasteiger partial charge is 4.00 e. The van der Waals surface area contributed by atoms with Gasteiger partial charge in [-0.25, -0.2) is 23.3 Å². The molecule has 0 N–H and O–H groups in total. The van der Waals surface area contributed by atoms with Gasteiger partial charge in [0.05, 0.1) is 0 Å². The second-order valence-corrected chi connectivity index (χ2v) is 14.3. The molecule has 37 heavy (non-hydrogen) atoms. The Balaban J connectivity index is 0.000000648. The van der Waals surface area contributed by atoms with Crippen molar-refractivity contribution in [1.29, 1.82) is 0 Å². The zero-order valence-corrected chi connectivity index (χ0v) is 29.5. The van der Waals surface area contributed by atoms with Gasteiger partial charge in [0, 0.05) is 0 Å². The fraction of sp³-hybridized carbons (Fsp3) is 0.765. The first-order valence-electron chi connectivity index (χ1n) is 14.3. The smallest absolute Gasteiger partial charge is 1.00 e. The summed E-state index contributed by atoms with van der Waals surface area (Å²) in [5, 5.41) is 0. The summed E-state index contributed by atoms with van der Waals surface area (Å²) in [6, 6.07) is 0. The third-order valence-electron chi connectivity index (χ3n) is 11.3. The molecule has 3 heteroatoms. The summed E-state index contributed by atoms with van der Waals surface area (Å²) in [6.07, 6.45) is 26.5. The molecule has 4 atom stereocenters. The molecule has 4 aliphatic carbocycles. The van der Waals surface area contributed by atoms with Gasteiger partial charge in [0.25, 0.3) is 0 Å². The Hall–Kier alpha value is 0.423. The summed E-state index contributed by atoms with van der Waals surface area (Å²) >= 11 is 0. The number of hydrogen-bond donors (Lipinski definition) is 0. The van der Waals surface area contributed by atoms with Gasteiger partial charge in [0.2, 0.25) is 0 Å². The maximum absolute atomic E-state index is 3.55. The standard InChI is InChI=1S/2C17H27.2ClH.Zr/c2*1-13(2)16(3,4)15-10-11-17(5,12-15)14-8-6-7-9-14;;;/h2*6,8,13,15H,7,10-12H2,1-5H3;2*1H;/q2*-1;;;+4/p-2. The van der Waals surface area contributed by atoms with Gasteiger partial charge in [-0.1, -0.05) is 69.2 Å². The molecule has 0 aromatic rings. The van der Waals surface area contributed by atoms with Crippen molar-refractivity contribution >= 4 is 0 Å². The first-order chi connectivity index (χ1) is 15.7. The molecule has 2 fully saturated rings.